The molecule has 0 fully saturated rings. The molecule has 3 rings (SSSR count). The van der Waals surface area contributed by atoms with Gasteiger partial charge in [-0.05, 0) is 66.3 Å². The maximum absolute atomic E-state index is 12.3. The summed E-state index contributed by atoms with van der Waals surface area (Å²) in [5.74, 6) is 0.136. The van der Waals surface area contributed by atoms with Crippen LogP contribution in [0.15, 0.2) is 18.5 Å². The van der Waals surface area contributed by atoms with Gasteiger partial charge in [0.25, 0.3) is 0 Å². The van der Waals surface area contributed by atoms with Crippen LogP contribution in [0.2, 0.25) is 0 Å². The van der Waals surface area contributed by atoms with Crippen molar-refractivity contribution in [2.24, 2.45) is 0 Å². The SMILES string of the molecule is C[C@@H](C(=O)Nc1ccc(O)c2c1CCCC2)n1cnnn1. The number of hydrogen-bond donors (Lipinski definition) is 2. The largest absolute Gasteiger partial charge is 0.508 e. The molecule has 0 radical (unpaired) electrons. The zero-order valence-electron chi connectivity index (χ0n) is 11.8. The van der Waals surface area contributed by atoms with Gasteiger partial charge in [-0.3, -0.25) is 4.79 Å². The molecule has 2 N–H and O–H groups in total. The van der Waals surface area contributed by atoms with E-state index in [4.69, 9.17) is 0 Å². The van der Waals surface area contributed by atoms with Gasteiger partial charge in [0, 0.05) is 5.69 Å². The molecular weight excluding hydrogens is 270 g/mol. The molecule has 0 aliphatic heterocycles. The van der Waals surface area contributed by atoms with Crippen molar-refractivity contribution in [3.05, 3.63) is 29.6 Å². The molecule has 1 aromatic heterocycles. The molecule has 1 aliphatic carbocycles. The van der Waals surface area contributed by atoms with Crippen molar-refractivity contribution >= 4 is 11.6 Å². The lowest BCUT2D eigenvalue weighted by molar-refractivity contribution is -0.119. The van der Waals surface area contributed by atoms with E-state index in [1.807, 2.05) is 0 Å². The number of amides is 1. The number of nitrogens with zero attached hydrogens (tertiary/aromatic N) is 4. The van der Waals surface area contributed by atoms with Crippen molar-refractivity contribution in [2.75, 3.05) is 5.32 Å². The molecule has 0 unspecified atom stereocenters. The van der Waals surface area contributed by atoms with E-state index < -0.39 is 6.04 Å². The molecule has 1 amide bonds. The number of benzene rings is 1. The number of carbonyl (C=O) groups is 1. The van der Waals surface area contributed by atoms with Gasteiger partial charge in [-0.1, -0.05) is 0 Å². The number of nitrogens with one attached hydrogen (secondary N) is 1. The highest BCUT2D eigenvalue weighted by molar-refractivity contribution is 5.94. The van der Waals surface area contributed by atoms with Crippen LogP contribution < -0.4 is 5.32 Å². The maximum atomic E-state index is 12.3. The minimum absolute atomic E-state index is 0.180. The van der Waals surface area contributed by atoms with Crippen LogP contribution in [0.25, 0.3) is 0 Å². The Labute approximate surface area is 122 Å². The number of phenols is 1. The Morgan fingerprint density at radius 2 is 2.10 bits per heavy atom. The highest BCUT2D eigenvalue weighted by atomic mass is 16.3. The predicted molar refractivity (Wildman–Crippen MR) is 75.9 cm³/mol. The zero-order valence-corrected chi connectivity index (χ0v) is 11.8. The van der Waals surface area contributed by atoms with E-state index in [1.165, 1.54) is 11.0 Å². The first-order chi connectivity index (χ1) is 10.2. The summed E-state index contributed by atoms with van der Waals surface area (Å²) in [5.41, 5.74) is 2.76. The van der Waals surface area contributed by atoms with E-state index in [0.29, 0.717) is 5.75 Å². The summed E-state index contributed by atoms with van der Waals surface area (Å²) in [6.07, 6.45) is 5.28. The van der Waals surface area contributed by atoms with Crippen LogP contribution in [0.4, 0.5) is 5.69 Å². The van der Waals surface area contributed by atoms with Gasteiger partial charge in [-0.2, -0.15) is 0 Å². The second-order valence-electron chi connectivity index (χ2n) is 5.25. The number of anilines is 1. The monoisotopic (exact) mass is 287 g/mol. The van der Waals surface area contributed by atoms with E-state index in [0.717, 1.165) is 42.5 Å². The van der Waals surface area contributed by atoms with E-state index in [2.05, 4.69) is 20.8 Å². The van der Waals surface area contributed by atoms with Crippen molar-refractivity contribution in [3.8, 4) is 5.75 Å². The fourth-order valence-electron chi connectivity index (χ4n) is 2.67. The van der Waals surface area contributed by atoms with Gasteiger partial charge in [0.05, 0.1) is 0 Å². The van der Waals surface area contributed by atoms with E-state index in [-0.39, 0.29) is 5.91 Å². The van der Waals surface area contributed by atoms with Crippen LogP contribution in [0, 0.1) is 0 Å². The molecule has 1 aromatic carbocycles. The minimum atomic E-state index is -0.493. The third-order valence-electron chi connectivity index (χ3n) is 3.91. The van der Waals surface area contributed by atoms with E-state index >= 15 is 0 Å². The van der Waals surface area contributed by atoms with Gasteiger partial charge in [0.15, 0.2) is 0 Å². The summed E-state index contributed by atoms with van der Waals surface area (Å²) in [5, 5.41) is 23.7. The third kappa shape index (κ3) is 2.58. The van der Waals surface area contributed by atoms with Gasteiger partial charge in [-0.25, -0.2) is 4.68 Å². The zero-order chi connectivity index (χ0) is 14.8. The highest BCUT2D eigenvalue weighted by Crippen LogP contribution is 2.34. The Kier molecular flexibility index (Phi) is 3.55. The van der Waals surface area contributed by atoms with Crippen molar-refractivity contribution in [1.29, 1.82) is 0 Å². The van der Waals surface area contributed by atoms with Gasteiger partial charge in [-0.15, -0.1) is 5.10 Å². The molecule has 21 heavy (non-hydrogen) atoms. The molecule has 110 valence electrons. The smallest absolute Gasteiger partial charge is 0.249 e. The minimum Gasteiger partial charge on any atom is -0.508 e. The van der Waals surface area contributed by atoms with Crippen LogP contribution in [0.3, 0.4) is 0 Å². The average molecular weight is 287 g/mol. The lowest BCUT2D eigenvalue weighted by atomic mass is 9.89. The van der Waals surface area contributed by atoms with Crippen LogP contribution in [-0.4, -0.2) is 31.2 Å². The van der Waals surface area contributed by atoms with Gasteiger partial charge >= 0.3 is 0 Å². The first-order valence-electron chi connectivity index (χ1n) is 7.04. The highest BCUT2D eigenvalue weighted by Gasteiger charge is 2.21. The lowest BCUT2D eigenvalue weighted by Gasteiger charge is -2.21. The second-order valence-corrected chi connectivity index (χ2v) is 5.25. The van der Waals surface area contributed by atoms with Crippen LogP contribution in [-0.2, 0) is 17.6 Å². The summed E-state index contributed by atoms with van der Waals surface area (Å²) in [6.45, 7) is 1.73. The maximum Gasteiger partial charge on any atom is 0.249 e. The van der Waals surface area contributed by atoms with Gasteiger partial charge in [0.1, 0.15) is 18.1 Å². The Balaban J connectivity index is 1.83. The van der Waals surface area contributed by atoms with Crippen molar-refractivity contribution in [3.63, 3.8) is 0 Å². The number of phenolic OH excluding ortho intramolecular Hbond substituents is 1. The standard InChI is InChI=1S/C14H17N5O2/c1-9(19-8-15-17-18-19)14(21)16-12-6-7-13(20)11-5-3-2-4-10(11)12/h6-9,20H,2-5H2,1H3,(H,16,21)/t9-/m0/s1. The summed E-state index contributed by atoms with van der Waals surface area (Å²) in [6, 6.07) is 2.90. The molecule has 0 spiro atoms. The molecule has 0 saturated heterocycles. The number of fused-ring (bicyclic) bond motifs is 1. The topological polar surface area (TPSA) is 92.9 Å². The van der Waals surface area contributed by atoms with Gasteiger partial charge < -0.3 is 10.4 Å². The first kappa shape index (κ1) is 13.5. The Morgan fingerprint density at radius 3 is 2.81 bits per heavy atom. The summed E-state index contributed by atoms with van der Waals surface area (Å²) < 4.78 is 1.40. The van der Waals surface area contributed by atoms with E-state index in [1.54, 1.807) is 19.1 Å². The normalized spacial score (nSPS) is 15.3. The number of aromatic nitrogens is 4. The number of tetrazole rings is 1. The van der Waals surface area contributed by atoms with Crippen molar-refractivity contribution < 1.29 is 9.90 Å². The molecule has 7 heteroatoms. The van der Waals surface area contributed by atoms with Crippen LogP contribution in [0.5, 0.6) is 5.75 Å². The van der Waals surface area contributed by atoms with E-state index in [9.17, 15) is 9.90 Å². The molecule has 0 saturated carbocycles. The number of carbonyl (C=O) groups excluding carboxylic acids is 1. The van der Waals surface area contributed by atoms with Crippen molar-refractivity contribution in [1.82, 2.24) is 20.2 Å². The fraction of sp³-hybridized carbons (Fsp3) is 0.429. The number of aromatic hydroxyl groups is 1. The van der Waals surface area contributed by atoms with Crippen LogP contribution >= 0.6 is 0 Å². The second kappa shape index (κ2) is 5.51. The molecule has 1 aliphatic rings. The number of rotatable bonds is 3. The summed E-state index contributed by atoms with van der Waals surface area (Å²) >= 11 is 0. The predicted octanol–water partition coefficient (Wildman–Crippen LogP) is 1.46. The van der Waals surface area contributed by atoms with Gasteiger partial charge in [0.2, 0.25) is 5.91 Å². The summed E-state index contributed by atoms with van der Waals surface area (Å²) in [4.78, 5) is 12.3. The van der Waals surface area contributed by atoms with Crippen LogP contribution in [0.1, 0.15) is 36.9 Å². The molecule has 1 atom stereocenters. The number of hydrogen-bond acceptors (Lipinski definition) is 5. The Morgan fingerprint density at radius 1 is 1.33 bits per heavy atom. The quantitative estimate of drug-likeness (QED) is 0.834. The Hall–Kier alpha value is -2.44. The fourth-order valence-corrected chi connectivity index (χ4v) is 2.67. The Bertz CT molecular complexity index is 654. The molecule has 7 nitrogen and oxygen atoms in total. The third-order valence-corrected chi connectivity index (χ3v) is 3.91. The first-order valence-corrected chi connectivity index (χ1v) is 7.04. The molecule has 2 aromatic rings. The average Bonchev–Trinajstić information content (AvgIpc) is 3.04. The molecular formula is C14H17N5O2. The van der Waals surface area contributed by atoms with Crippen molar-refractivity contribution in [2.45, 2.75) is 38.6 Å². The lowest BCUT2D eigenvalue weighted by Crippen LogP contribution is -2.25. The molecule has 1 heterocycles. The summed E-state index contributed by atoms with van der Waals surface area (Å²) in [7, 11) is 0. The molecule has 0 bridgehead atoms.